The van der Waals surface area contributed by atoms with Crippen LogP contribution in [0.25, 0.3) is 77.6 Å². The quantitative estimate of drug-likeness (QED) is 0.164. The van der Waals surface area contributed by atoms with E-state index >= 15 is 0 Å². The first kappa shape index (κ1) is 31.9. The van der Waals surface area contributed by atoms with Gasteiger partial charge in [-0.3, -0.25) is 4.57 Å². The second-order valence-corrected chi connectivity index (χ2v) is 14.2. The molecule has 0 saturated carbocycles. The average molecular weight is 718 g/mol. The summed E-state index contributed by atoms with van der Waals surface area (Å²) in [4.78, 5) is 2.27. The van der Waals surface area contributed by atoms with Crippen LogP contribution in [0.1, 0.15) is 0 Å². The monoisotopic (exact) mass is 717 g/mol. The van der Waals surface area contributed by atoms with Crippen molar-refractivity contribution in [2.75, 3.05) is 4.90 Å². The van der Waals surface area contributed by atoms with Gasteiger partial charge < -0.3 is 13.9 Å². The Morgan fingerprint density at radius 1 is 0.321 bits per heavy atom. The molecule has 4 nitrogen and oxygen atoms in total. The lowest BCUT2D eigenvalue weighted by Gasteiger charge is -2.25. The summed E-state index contributed by atoms with van der Waals surface area (Å²) >= 11 is 0. The van der Waals surface area contributed by atoms with Crippen molar-refractivity contribution in [3.8, 4) is 34.0 Å². The van der Waals surface area contributed by atoms with E-state index in [1.807, 2.05) is 12.1 Å². The van der Waals surface area contributed by atoms with E-state index < -0.39 is 0 Å². The number of para-hydroxylation sites is 5. The Hall–Kier alpha value is -7.56. The highest BCUT2D eigenvalue weighted by Crippen LogP contribution is 2.40. The molecule has 264 valence electrons. The first-order valence-electron chi connectivity index (χ1n) is 19.0. The molecule has 3 aromatic heterocycles. The van der Waals surface area contributed by atoms with E-state index in [4.69, 9.17) is 4.42 Å². The van der Waals surface area contributed by atoms with Gasteiger partial charge in [-0.05, 0) is 114 Å². The Morgan fingerprint density at radius 3 is 1.36 bits per heavy atom. The number of hydrogen-bond acceptors (Lipinski definition) is 2. The first-order valence-corrected chi connectivity index (χ1v) is 19.0. The summed E-state index contributed by atoms with van der Waals surface area (Å²) in [5.41, 5.74) is 12.5. The van der Waals surface area contributed by atoms with Gasteiger partial charge in [0.25, 0.3) is 0 Å². The van der Waals surface area contributed by atoms with Crippen molar-refractivity contribution in [3.63, 3.8) is 0 Å². The average Bonchev–Trinajstić information content (AvgIpc) is 3.98. The summed E-state index contributed by atoms with van der Waals surface area (Å²) in [5.74, 6) is 1.61. The summed E-state index contributed by atoms with van der Waals surface area (Å²) in [7, 11) is 0. The fourth-order valence-corrected chi connectivity index (χ4v) is 8.38. The van der Waals surface area contributed by atoms with Crippen LogP contribution in [0.3, 0.4) is 0 Å². The molecule has 0 unspecified atom stereocenters. The SMILES string of the molecule is c1ccc(N(c2ccccc2)c2ccc(-c3ccc(-n4c5ccccc5c5cc(-c6ccc7c(c6)c6ccccc6n7-c6ccccc6)ccc54)o3)cc2)cc1. The fourth-order valence-electron chi connectivity index (χ4n) is 8.38. The van der Waals surface area contributed by atoms with E-state index in [0.29, 0.717) is 0 Å². The summed E-state index contributed by atoms with van der Waals surface area (Å²) in [5, 5.41) is 4.87. The van der Waals surface area contributed by atoms with Gasteiger partial charge in [-0.1, -0.05) is 103 Å². The van der Waals surface area contributed by atoms with Gasteiger partial charge in [-0.25, -0.2) is 0 Å². The van der Waals surface area contributed by atoms with E-state index in [1.165, 1.54) is 43.7 Å². The molecule has 56 heavy (non-hydrogen) atoms. The summed E-state index contributed by atoms with van der Waals surface area (Å²) in [6.07, 6.45) is 0. The van der Waals surface area contributed by atoms with E-state index in [0.717, 1.165) is 51.0 Å². The van der Waals surface area contributed by atoms with Gasteiger partial charge in [-0.2, -0.15) is 0 Å². The van der Waals surface area contributed by atoms with E-state index in [9.17, 15) is 0 Å². The molecule has 0 aliphatic carbocycles. The number of hydrogen-bond donors (Lipinski definition) is 0. The van der Waals surface area contributed by atoms with Crippen LogP contribution in [0.15, 0.2) is 217 Å². The van der Waals surface area contributed by atoms with Gasteiger partial charge >= 0.3 is 0 Å². The molecular formula is C52H35N3O. The van der Waals surface area contributed by atoms with Crippen LogP contribution in [0.2, 0.25) is 0 Å². The third-order valence-electron chi connectivity index (χ3n) is 10.9. The number of rotatable bonds is 7. The zero-order valence-corrected chi connectivity index (χ0v) is 30.5. The van der Waals surface area contributed by atoms with Crippen LogP contribution in [-0.4, -0.2) is 9.13 Å². The molecule has 8 aromatic carbocycles. The van der Waals surface area contributed by atoms with Crippen molar-refractivity contribution >= 4 is 60.7 Å². The van der Waals surface area contributed by atoms with Gasteiger partial charge in [0.05, 0.1) is 22.1 Å². The van der Waals surface area contributed by atoms with Gasteiger partial charge in [0.15, 0.2) is 0 Å². The number of furan rings is 1. The van der Waals surface area contributed by atoms with Gasteiger partial charge in [0, 0.05) is 55.9 Å². The Balaban J connectivity index is 0.971. The third kappa shape index (κ3) is 5.23. The van der Waals surface area contributed by atoms with Crippen molar-refractivity contribution in [2.24, 2.45) is 0 Å². The second-order valence-electron chi connectivity index (χ2n) is 14.2. The third-order valence-corrected chi connectivity index (χ3v) is 10.9. The van der Waals surface area contributed by atoms with Crippen LogP contribution >= 0.6 is 0 Å². The molecule has 0 bridgehead atoms. The summed E-state index contributed by atoms with van der Waals surface area (Å²) in [6.45, 7) is 0. The van der Waals surface area contributed by atoms with Crippen molar-refractivity contribution in [3.05, 3.63) is 212 Å². The number of benzene rings is 8. The molecule has 0 saturated heterocycles. The van der Waals surface area contributed by atoms with Gasteiger partial charge in [-0.15, -0.1) is 0 Å². The minimum atomic E-state index is 0.786. The topological polar surface area (TPSA) is 26.2 Å². The Morgan fingerprint density at radius 2 is 0.768 bits per heavy atom. The highest BCUT2D eigenvalue weighted by atomic mass is 16.4. The predicted octanol–water partition coefficient (Wildman–Crippen LogP) is 14.3. The molecule has 0 N–H and O–H groups in total. The summed E-state index contributed by atoms with van der Waals surface area (Å²) < 4.78 is 11.3. The maximum Gasteiger partial charge on any atom is 0.205 e. The van der Waals surface area contributed by atoms with Crippen LogP contribution < -0.4 is 4.90 Å². The van der Waals surface area contributed by atoms with Crippen LogP contribution in [0.5, 0.6) is 0 Å². The largest absolute Gasteiger partial charge is 0.440 e. The van der Waals surface area contributed by atoms with Crippen molar-refractivity contribution in [1.29, 1.82) is 0 Å². The second kappa shape index (κ2) is 13.1. The minimum Gasteiger partial charge on any atom is -0.440 e. The number of anilines is 3. The molecule has 0 aliphatic heterocycles. The maximum atomic E-state index is 6.69. The fraction of sp³-hybridized carbons (Fsp3) is 0. The van der Waals surface area contributed by atoms with Crippen molar-refractivity contribution < 1.29 is 4.42 Å². The molecule has 3 heterocycles. The smallest absolute Gasteiger partial charge is 0.205 e. The molecule has 4 heteroatoms. The number of fused-ring (bicyclic) bond motifs is 6. The molecule has 11 rings (SSSR count). The Kier molecular flexibility index (Phi) is 7.46. The lowest BCUT2D eigenvalue weighted by molar-refractivity contribution is 0.560. The van der Waals surface area contributed by atoms with Crippen LogP contribution in [0, 0.1) is 0 Å². The highest BCUT2D eigenvalue weighted by molar-refractivity contribution is 6.12. The molecule has 11 aromatic rings. The van der Waals surface area contributed by atoms with Crippen molar-refractivity contribution in [2.45, 2.75) is 0 Å². The normalized spacial score (nSPS) is 11.6. The standard InChI is InChI=1S/C52H35N3O/c1-4-14-39(15-5-1)53(40-16-6-2-7-17-40)42-28-24-36(25-29-42)51-32-33-52(56-51)55-48-23-13-11-21-44(48)46-35-38(27-31-50(46)55)37-26-30-49-45(34-37)43-20-10-12-22-47(43)54(49)41-18-8-3-9-19-41/h1-35H. The Bertz CT molecular complexity index is 3130. The van der Waals surface area contributed by atoms with Crippen molar-refractivity contribution in [1.82, 2.24) is 9.13 Å². The van der Waals surface area contributed by atoms with Crippen LogP contribution in [0.4, 0.5) is 17.1 Å². The van der Waals surface area contributed by atoms with Gasteiger partial charge in [0.1, 0.15) is 5.76 Å². The molecular weight excluding hydrogens is 683 g/mol. The molecule has 0 atom stereocenters. The van der Waals surface area contributed by atoms with Crippen LogP contribution in [-0.2, 0) is 0 Å². The zero-order valence-electron chi connectivity index (χ0n) is 30.5. The molecule has 0 fully saturated rings. The van der Waals surface area contributed by atoms with Gasteiger partial charge in [0.2, 0.25) is 5.88 Å². The zero-order chi connectivity index (χ0) is 37.0. The van der Waals surface area contributed by atoms with E-state index in [2.05, 4.69) is 214 Å². The summed E-state index contributed by atoms with van der Waals surface area (Å²) in [6, 6.07) is 75.3. The molecule has 0 aliphatic rings. The molecule has 0 radical (unpaired) electrons. The Labute approximate surface area is 324 Å². The predicted molar refractivity (Wildman–Crippen MR) is 233 cm³/mol. The molecule has 0 amide bonds. The number of aromatic nitrogens is 2. The maximum absolute atomic E-state index is 6.69. The lowest BCUT2D eigenvalue weighted by Crippen LogP contribution is -2.09. The van der Waals surface area contributed by atoms with E-state index in [1.54, 1.807) is 0 Å². The number of nitrogens with zero attached hydrogens (tertiary/aromatic N) is 3. The highest BCUT2D eigenvalue weighted by Gasteiger charge is 2.18. The first-order chi connectivity index (χ1) is 27.8. The van der Waals surface area contributed by atoms with E-state index in [-0.39, 0.29) is 0 Å². The minimum absolute atomic E-state index is 0.786. The molecule has 0 spiro atoms. The lowest BCUT2D eigenvalue weighted by atomic mass is 10.0.